The molecule has 4 heteroatoms. The molecule has 98 valence electrons. The minimum atomic E-state index is -2.13. The monoisotopic (exact) mass is 273 g/mol. The van der Waals surface area contributed by atoms with Crippen LogP contribution in [0.25, 0.3) is 0 Å². The van der Waals surface area contributed by atoms with Gasteiger partial charge in [0.1, 0.15) is 0 Å². The molecule has 2 rings (SSSR count). The molecule has 0 saturated carbocycles. The normalized spacial score (nSPS) is 13.9. The fourth-order valence-corrected chi connectivity index (χ4v) is 2.34. The summed E-state index contributed by atoms with van der Waals surface area (Å²) in [5, 5.41) is 0. The highest BCUT2D eigenvalue weighted by Gasteiger charge is 2.11. The summed E-state index contributed by atoms with van der Waals surface area (Å²) in [5.74, 6) is 0. The van der Waals surface area contributed by atoms with Gasteiger partial charge in [0.25, 0.3) is 0 Å². The molecule has 0 aromatic heterocycles. The van der Waals surface area contributed by atoms with Gasteiger partial charge < -0.3 is 4.90 Å². The Morgan fingerprint density at radius 2 is 1.95 bits per heavy atom. The van der Waals surface area contributed by atoms with Gasteiger partial charge in [0.2, 0.25) is 10.3 Å². The first-order chi connectivity index (χ1) is 9.22. The number of allylic oxidation sites excluding steroid dienone is 3. The van der Waals surface area contributed by atoms with Crippen molar-refractivity contribution >= 4 is 20.8 Å². The lowest BCUT2D eigenvalue weighted by Gasteiger charge is -2.26. The first kappa shape index (κ1) is 13.4. The third-order valence-corrected chi connectivity index (χ3v) is 3.59. The van der Waals surface area contributed by atoms with E-state index < -0.39 is 10.3 Å². The first-order valence-electron chi connectivity index (χ1n) is 5.99. The highest BCUT2D eigenvalue weighted by Crippen LogP contribution is 2.21. The van der Waals surface area contributed by atoms with Crippen LogP contribution < -0.4 is 4.90 Å². The molecule has 1 aliphatic rings. The third-order valence-electron chi connectivity index (χ3n) is 2.86. The number of benzene rings is 1. The second kappa shape index (κ2) is 6.20. The molecule has 0 atom stereocenters. The maximum Gasteiger partial charge on any atom is 0.217 e. The molecule has 0 bridgehead atoms. The minimum absolute atomic E-state index is 0.412. The largest absolute Gasteiger partial charge is 0.338 e. The van der Waals surface area contributed by atoms with Crippen molar-refractivity contribution in [1.29, 1.82) is 0 Å². The van der Waals surface area contributed by atoms with E-state index in [2.05, 4.69) is 11.5 Å². The zero-order valence-electron chi connectivity index (χ0n) is 10.5. The molecule has 0 radical (unpaired) electrons. The molecule has 1 aliphatic carbocycles. The standard InChI is InChI=1S/C15H15NO2S/c1-2-12-16(13-6-4-3-5-7-13)14-8-10-15(11-9-14)19(17)18/h2-10H,1,11-12H2. The second-order valence-electron chi connectivity index (χ2n) is 4.10. The van der Waals surface area contributed by atoms with Crippen molar-refractivity contribution in [3.8, 4) is 0 Å². The summed E-state index contributed by atoms with van der Waals surface area (Å²) in [5.41, 5.74) is 2.05. The molecular formula is C15H15NO2S. The Morgan fingerprint density at radius 1 is 1.21 bits per heavy atom. The maximum absolute atomic E-state index is 10.9. The van der Waals surface area contributed by atoms with Crippen LogP contribution in [0.5, 0.6) is 0 Å². The van der Waals surface area contributed by atoms with Crippen LogP contribution in [-0.2, 0) is 10.3 Å². The van der Waals surface area contributed by atoms with Crippen LogP contribution in [0.3, 0.4) is 0 Å². The molecule has 0 fully saturated rings. The van der Waals surface area contributed by atoms with Crippen molar-refractivity contribution in [2.24, 2.45) is 0 Å². The fourth-order valence-electron chi connectivity index (χ4n) is 1.94. The highest BCUT2D eigenvalue weighted by atomic mass is 32.2. The molecule has 1 aromatic rings. The predicted octanol–water partition coefficient (Wildman–Crippen LogP) is 2.57. The van der Waals surface area contributed by atoms with E-state index in [0.29, 0.717) is 17.8 Å². The molecule has 3 nitrogen and oxygen atoms in total. The number of nitrogens with zero attached hydrogens (tertiary/aromatic N) is 1. The Morgan fingerprint density at radius 3 is 2.47 bits per heavy atom. The van der Waals surface area contributed by atoms with Crippen LogP contribution >= 0.6 is 0 Å². The SMILES string of the molecule is C=CCN(C1=CCC(=S(=O)=O)C=C1)c1ccccc1. The number of para-hydroxylation sites is 1. The van der Waals surface area contributed by atoms with Crippen LogP contribution in [0.2, 0.25) is 0 Å². The van der Waals surface area contributed by atoms with Crippen molar-refractivity contribution < 1.29 is 8.42 Å². The molecule has 0 spiro atoms. The van der Waals surface area contributed by atoms with E-state index in [0.717, 1.165) is 11.4 Å². The molecule has 1 aromatic carbocycles. The molecular weight excluding hydrogens is 258 g/mol. The summed E-state index contributed by atoms with van der Waals surface area (Å²) in [6, 6.07) is 9.95. The Bertz CT molecular complexity index is 647. The smallest absolute Gasteiger partial charge is 0.217 e. The average Bonchev–Trinajstić information content (AvgIpc) is 2.46. The average molecular weight is 273 g/mol. The molecule has 0 aliphatic heterocycles. The van der Waals surface area contributed by atoms with Crippen LogP contribution in [0.15, 0.2) is 66.9 Å². The molecule has 0 N–H and O–H groups in total. The zero-order valence-corrected chi connectivity index (χ0v) is 11.3. The van der Waals surface area contributed by atoms with E-state index in [1.807, 2.05) is 48.6 Å². The van der Waals surface area contributed by atoms with Crippen molar-refractivity contribution in [1.82, 2.24) is 0 Å². The van der Waals surface area contributed by atoms with E-state index in [1.165, 1.54) is 0 Å². The Kier molecular flexibility index (Phi) is 4.36. The van der Waals surface area contributed by atoms with Gasteiger partial charge in [0.15, 0.2) is 0 Å². The lowest BCUT2D eigenvalue weighted by atomic mass is 10.1. The van der Waals surface area contributed by atoms with Gasteiger partial charge in [-0.1, -0.05) is 30.4 Å². The van der Waals surface area contributed by atoms with Crippen LogP contribution in [0.4, 0.5) is 5.69 Å². The van der Waals surface area contributed by atoms with Crippen molar-refractivity contribution in [3.63, 3.8) is 0 Å². The van der Waals surface area contributed by atoms with Gasteiger partial charge in [-0.15, -0.1) is 6.58 Å². The van der Waals surface area contributed by atoms with Crippen molar-refractivity contribution in [2.75, 3.05) is 11.4 Å². The quantitative estimate of drug-likeness (QED) is 0.625. The number of hydrogen-bond donors (Lipinski definition) is 0. The summed E-state index contributed by atoms with van der Waals surface area (Å²) in [6.45, 7) is 4.44. The van der Waals surface area contributed by atoms with Gasteiger partial charge >= 0.3 is 0 Å². The van der Waals surface area contributed by atoms with Gasteiger partial charge in [-0.25, -0.2) is 0 Å². The number of anilines is 1. The number of hydrogen-bond acceptors (Lipinski definition) is 3. The lowest BCUT2D eigenvalue weighted by Crippen LogP contribution is -2.23. The van der Waals surface area contributed by atoms with E-state index in [9.17, 15) is 8.42 Å². The van der Waals surface area contributed by atoms with E-state index in [-0.39, 0.29) is 0 Å². The third kappa shape index (κ3) is 3.23. The van der Waals surface area contributed by atoms with Crippen molar-refractivity contribution in [3.05, 3.63) is 66.9 Å². The molecule has 0 unspecified atom stereocenters. The van der Waals surface area contributed by atoms with Crippen molar-refractivity contribution in [2.45, 2.75) is 6.42 Å². The summed E-state index contributed by atoms with van der Waals surface area (Å²) >= 11 is 0. The van der Waals surface area contributed by atoms with Crippen LogP contribution in [0, 0.1) is 0 Å². The second-order valence-corrected chi connectivity index (χ2v) is 5.10. The Labute approximate surface area is 114 Å². The van der Waals surface area contributed by atoms with Crippen LogP contribution in [-0.4, -0.2) is 19.8 Å². The predicted molar refractivity (Wildman–Crippen MR) is 79.8 cm³/mol. The van der Waals surface area contributed by atoms with Gasteiger partial charge in [0, 0.05) is 24.4 Å². The van der Waals surface area contributed by atoms with Crippen LogP contribution in [0.1, 0.15) is 6.42 Å². The highest BCUT2D eigenvalue weighted by molar-refractivity contribution is 7.73. The van der Waals surface area contributed by atoms with Gasteiger partial charge in [0.05, 0.1) is 4.86 Å². The number of rotatable bonds is 4. The minimum Gasteiger partial charge on any atom is -0.338 e. The molecule has 0 amide bonds. The summed E-state index contributed by atoms with van der Waals surface area (Å²) < 4.78 is 21.8. The molecule has 0 heterocycles. The van der Waals surface area contributed by atoms with E-state index >= 15 is 0 Å². The lowest BCUT2D eigenvalue weighted by molar-refractivity contribution is 0.627. The van der Waals surface area contributed by atoms with Gasteiger partial charge in [-0.05, 0) is 24.3 Å². The summed E-state index contributed by atoms with van der Waals surface area (Å²) in [6.07, 6.45) is 7.65. The maximum atomic E-state index is 10.9. The molecule has 19 heavy (non-hydrogen) atoms. The van der Waals surface area contributed by atoms with Gasteiger partial charge in [-0.3, -0.25) is 0 Å². The Hall–Kier alpha value is -2.07. The fraction of sp³-hybridized carbons (Fsp3) is 0.133. The zero-order chi connectivity index (χ0) is 13.7. The topological polar surface area (TPSA) is 37.4 Å². The van der Waals surface area contributed by atoms with E-state index in [1.54, 1.807) is 6.08 Å². The van der Waals surface area contributed by atoms with E-state index in [4.69, 9.17) is 0 Å². The summed E-state index contributed by atoms with van der Waals surface area (Å²) in [7, 11) is -2.13. The van der Waals surface area contributed by atoms with Gasteiger partial charge in [-0.2, -0.15) is 8.42 Å². The molecule has 0 saturated heterocycles. The first-order valence-corrected chi connectivity index (χ1v) is 7.06. The summed E-state index contributed by atoms with van der Waals surface area (Å²) in [4.78, 5) is 2.50. The Balaban J connectivity index is 2.31.